The van der Waals surface area contributed by atoms with Crippen molar-refractivity contribution in [2.24, 2.45) is 0 Å². The van der Waals surface area contributed by atoms with Crippen molar-refractivity contribution in [3.63, 3.8) is 0 Å². The fourth-order valence-electron chi connectivity index (χ4n) is 3.24. The maximum absolute atomic E-state index is 5.71. The van der Waals surface area contributed by atoms with Crippen LogP contribution in [0.5, 0.6) is 11.5 Å². The lowest BCUT2D eigenvalue weighted by Crippen LogP contribution is -2.41. The summed E-state index contributed by atoms with van der Waals surface area (Å²) in [6.07, 6.45) is 11.1. The molecule has 0 spiro atoms. The Labute approximate surface area is 178 Å². The van der Waals surface area contributed by atoms with Crippen LogP contribution < -0.4 is 14.8 Å². The van der Waals surface area contributed by atoms with Crippen molar-refractivity contribution in [1.29, 1.82) is 0 Å². The van der Waals surface area contributed by atoms with E-state index in [1.54, 1.807) is 14.2 Å². The molecule has 0 aliphatic heterocycles. The van der Waals surface area contributed by atoms with Crippen molar-refractivity contribution in [2.75, 3.05) is 33.9 Å². The third kappa shape index (κ3) is 9.63. The van der Waals surface area contributed by atoms with E-state index in [1.165, 1.54) is 56.9 Å². The van der Waals surface area contributed by atoms with Crippen LogP contribution in [0.2, 0.25) is 0 Å². The molecule has 0 heterocycles. The van der Waals surface area contributed by atoms with Crippen molar-refractivity contribution in [1.82, 2.24) is 10.2 Å². The van der Waals surface area contributed by atoms with Crippen LogP contribution in [0.15, 0.2) is 18.2 Å². The molecule has 0 fully saturated rings. The molecule has 0 unspecified atom stereocenters. The molecule has 1 aromatic carbocycles. The minimum atomic E-state index is 0.764. The lowest BCUT2D eigenvalue weighted by Gasteiger charge is -2.26. The molecule has 0 saturated heterocycles. The van der Waals surface area contributed by atoms with Gasteiger partial charge in [0.15, 0.2) is 16.6 Å². The first kappa shape index (κ1) is 24.5. The highest BCUT2D eigenvalue weighted by molar-refractivity contribution is 7.80. The van der Waals surface area contributed by atoms with Gasteiger partial charge in [0.25, 0.3) is 0 Å². The predicted molar refractivity (Wildman–Crippen MR) is 124 cm³/mol. The summed E-state index contributed by atoms with van der Waals surface area (Å²) >= 11 is 5.71. The van der Waals surface area contributed by atoms with Crippen LogP contribution in [0, 0.1) is 0 Å². The van der Waals surface area contributed by atoms with Crippen molar-refractivity contribution >= 4 is 17.3 Å². The zero-order chi connectivity index (χ0) is 20.6. The smallest absolute Gasteiger partial charge is 0.168 e. The van der Waals surface area contributed by atoms with E-state index in [9.17, 15) is 0 Å². The Morgan fingerprint density at radius 3 is 2.04 bits per heavy atom. The quantitative estimate of drug-likeness (QED) is 0.302. The number of hydrogen-bond donors (Lipinski definition) is 1. The summed E-state index contributed by atoms with van der Waals surface area (Å²) in [5.74, 6) is 1.54. The molecule has 1 N–H and O–H groups in total. The number of methoxy groups -OCH3 is 2. The molecule has 0 saturated carbocycles. The van der Waals surface area contributed by atoms with Gasteiger partial charge in [-0.1, -0.05) is 58.4 Å². The average molecular weight is 409 g/mol. The first-order valence-electron chi connectivity index (χ1n) is 10.9. The maximum Gasteiger partial charge on any atom is 0.168 e. The monoisotopic (exact) mass is 408 g/mol. The van der Waals surface area contributed by atoms with Crippen LogP contribution in [0.25, 0.3) is 0 Å². The molecule has 160 valence electrons. The molecular weight excluding hydrogens is 368 g/mol. The molecule has 0 aromatic heterocycles. The van der Waals surface area contributed by atoms with E-state index < -0.39 is 0 Å². The van der Waals surface area contributed by atoms with Gasteiger partial charge in [0.05, 0.1) is 14.2 Å². The normalized spacial score (nSPS) is 10.6. The molecule has 0 bridgehead atoms. The van der Waals surface area contributed by atoms with Gasteiger partial charge in [-0.3, -0.25) is 0 Å². The van der Waals surface area contributed by atoms with Crippen LogP contribution in [-0.2, 0) is 6.42 Å². The van der Waals surface area contributed by atoms with E-state index in [2.05, 4.69) is 30.1 Å². The lowest BCUT2D eigenvalue weighted by atomic mass is 10.1. The van der Waals surface area contributed by atoms with Crippen molar-refractivity contribution in [3.05, 3.63) is 23.8 Å². The molecule has 4 nitrogen and oxygen atoms in total. The first-order valence-corrected chi connectivity index (χ1v) is 11.3. The highest BCUT2D eigenvalue weighted by Crippen LogP contribution is 2.27. The van der Waals surface area contributed by atoms with E-state index in [4.69, 9.17) is 21.7 Å². The zero-order valence-corrected chi connectivity index (χ0v) is 19.2. The van der Waals surface area contributed by atoms with E-state index in [0.717, 1.165) is 42.7 Å². The third-order valence-electron chi connectivity index (χ3n) is 4.99. The van der Waals surface area contributed by atoms with Gasteiger partial charge in [0.1, 0.15) is 0 Å². The number of rotatable bonds is 15. The number of benzene rings is 1. The lowest BCUT2D eigenvalue weighted by molar-refractivity contribution is 0.354. The molecule has 0 aliphatic carbocycles. The van der Waals surface area contributed by atoms with Gasteiger partial charge in [-0.25, -0.2) is 0 Å². The highest BCUT2D eigenvalue weighted by Gasteiger charge is 2.09. The summed E-state index contributed by atoms with van der Waals surface area (Å²) in [7, 11) is 3.33. The average Bonchev–Trinajstić information content (AvgIpc) is 2.72. The summed E-state index contributed by atoms with van der Waals surface area (Å²) in [5, 5.41) is 4.36. The van der Waals surface area contributed by atoms with Gasteiger partial charge < -0.3 is 19.7 Å². The number of hydrogen-bond acceptors (Lipinski definition) is 3. The molecular formula is C23H40N2O2S. The minimum Gasteiger partial charge on any atom is -0.493 e. The van der Waals surface area contributed by atoms with Crippen molar-refractivity contribution < 1.29 is 9.47 Å². The van der Waals surface area contributed by atoms with Crippen molar-refractivity contribution in [3.8, 4) is 11.5 Å². The molecule has 0 radical (unpaired) electrons. The minimum absolute atomic E-state index is 0.764. The highest BCUT2D eigenvalue weighted by atomic mass is 32.1. The van der Waals surface area contributed by atoms with Crippen molar-refractivity contribution in [2.45, 2.75) is 71.6 Å². The standard InChI is InChI=1S/C23H40N2O2S/c1-5-7-9-11-17-25(18-12-10-8-6-2)23(28)24-16-15-20-13-14-21(26-3)22(19-20)27-4/h13-14,19H,5-12,15-18H2,1-4H3,(H,24,28). The van der Waals surface area contributed by atoms with Crippen LogP contribution in [0.3, 0.4) is 0 Å². The van der Waals surface area contributed by atoms with E-state index in [0.29, 0.717) is 0 Å². The Kier molecular flexibility index (Phi) is 13.5. The Morgan fingerprint density at radius 2 is 1.50 bits per heavy atom. The van der Waals surface area contributed by atoms with Gasteiger partial charge in [-0.15, -0.1) is 0 Å². The topological polar surface area (TPSA) is 33.7 Å². The Bertz CT molecular complexity index is 539. The number of ether oxygens (including phenoxy) is 2. The van der Waals surface area contributed by atoms with E-state index >= 15 is 0 Å². The van der Waals surface area contributed by atoms with Crippen LogP contribution in [0.4, 0.5) is 0 Å². The number of nitrogens with zero attached hydrogens (tertiary/aromatic N) is 1. The molecule has 28 heavy (non-hydrogen) atoms. The van der Waals surface area contributed by atoms with Crippen LogP contribution >= 0.6 is 12.2 Å². The fraction of sp³-hybridized carbons (Fsp3) is 0.696. The third-order valence-corrected chi connectivity index (χ3v) is 5.39. The Morgan fingerprint density at radius 1 is 0.893 bits per heavy atom. The summed E-state index contributed by atoms with van der Waals surface area (Å²) in [4.78, 5) is 2.37. The second-order valence-corrected chi connectivity index (χ2v) is 7.67. The van der Waals surface area contributed by atoms with Crippen LogP contribution in [-0.4, -0.2) is 43.9 Å². The van der Waals surface area contributed by atoms with E-state index in [-0.39, 0.29) is 0 Å². The summed E-state index contributed by atoms with van der Waals surface area (Å²) in [5.41, 5.74) is 1.21. The molecule has 1 rings (SSSR count). The van der Waals surface area contributed by atoms with Crippen LogP contribution in [0.1, 0.15) is 70.8 Å². The van der Waals surface area contributed by atoms with Gasteiger partial charge in [-0.05, 0) is 49.2 Å². The maximum atomic E-state index is 5.71. The number of nitrogens with one attached hydrogen (secondary N) is 1. The Balaban J connectivity index is 2.48. The molecule has 1 aromatic rings. The summed E-state index contributed by atoms with van der Waals surface area (Å²) in [6.45, 7) is 7.46. The van der Waals surface area contributed by atoms with Gasteiger partial charge in [0, 0.05) is 19.6 Å². The predicted octanol–water partition coefficient (Wildman–Crippen LogP) is 5.58. The summed E-state index contributed by atoms with van der Waals surface area (Å²) < 4.78 is 10.7. The number of thiocarbonyl (C=S) groups is 1. The molecule has 5 heteroatoms. The second-order valence-electron chi connectivity index (χ2n) is 7.28. The first-order chi connectivity index (χ1) is 13.7. The summed E-state index contributed by atoms with van der Waals surface area (Å²) in [6, 6.07) is 6.08. The molecule has 0 aliphatic rings. The van der Waals surface area contributed by atoms with Gasteiger partial charge >= 0.3 is 0 Å². The fourth-order valence-corrected chi connectivity index (χ4v) is 3.52. The number of unbranched alkanes of at least 4 members (excludes halogenated alkanes) is 6. The van der Waals surface area contributed by atoms with E-state index in [1.807, 2.05) is 12.1 Å². The molecule has 0 atom stereocenters. The largest absolute Gasteiger partial charge is 0.493 e. The second kappa shape index (κ2) is 15.4. The zero-order valence-electron chi connectivity index (χ0n) is 18.4. The van der Waals surface area contributed by atoms with Gasteiger partial charge in [-0.2, -0.15) is 0 Å². The molecule has 0 amide bonds. The SMILES string of the molecule is CCCCCCN(CCCCCC)C(=S)NCCc1ccc(OC)c(OC)c1. The Hall–Kier alpha value is -1.49. The van der Waals surface area contributed by atoms with Gasteiger partial charge in [0.2, 0.25) is 0 Å².